The van der Waals surface area contributed by atoms with Gasteiger partial charge in [0.05, 0.1) is 17.6 Å². The highest BCUT2D eigenvalue weighted by atomic mass is 35.5. The van der Waals surface area contributed by atoms with Gasteiger partial charge >= 0.3 is 0 Å². The van der Waals surface area contributed by atoms with E-state index in [4.69, 9.17) is 16.3 Å². The van der Waals surface area contributed by atoms with Gasteiger partial charge in [-0.3, -0.25) is 4.90 Å². The van der Waals surface area contributed by atoms with Crippen molar-refractivity contribution in [3.63, 3.8) is 0 Å². The molecule has 1 aromatic rings. The predicted molar refractivity (Wildman–Crippen MR) is 87.9 cm³/mol. The highest BCUT2D eigenvalue weighted by Gasteiger charge is 2.34. The standard InChI is InChI=1S/C16H22ClNO3S/c17-16-6-2-1-4-13(16)10-18(11-15-5-3-8-21-15)14-7-9-22(19,20)12-14/h1-2,4,6,14-15H,3,5,7-12H2/t14-,15+/m0/s1. The van der Waals surface area contributed by atoms with Crippen LogP contribution in [0.4, 0.5) is 0 Å². The molecule has 2 atom stereocenters. The number of nitrogens with zero attached hydrogens (tertiary/aromatic N) is 1. The van der Waals surface area contributed by atoms with Gasteiger partial charge in [0.1, 0.15) is 0 Å². The van der Waals surface area contributed by atoms with Gasteiger partial charge in [-0.1, -0.05) is 29.8 Å². The van der Waals surface area contributed by atoms with Crippen LogP contribution in [0.15, 0.2) is 24.3 Å². The molecule has 0 aliphatic carbocycles. The second-order valence-electron chi connectivity index (χ2n) is 6.21. The second-order valence-corrected chi connectivity index (χ2v) is 8.85. The Bertz CT molecular complexity index is 614. The van der Waals surface area contributed by atoms with E-state index in [1.165, 1.54) is 0 Å². The molecule has 122 valence electrons. The Labute approximate surface area is 137 Å². The maximum absolute atomic E-state index is 11.8. The largest absolute Gasteiger partial charge is 0.377 e. The number of sulfone groups is 1. The summed E-state index contributed by atoms with van der Waals surface area (Å²) in [5.74, 6) is 0.548. The van der Waals surface area contributed by atoms with Crippen LogP contribution >= 0.6 is 11.6 Å². The first-order chi connectivity index (χ1) is 10.5. The first-order valence-electron chi connectivity index (χ1n) is 7.83. The van der Waals surface area contributed by atoms with E-state index >= 15 is 0 Å². The minimum Gasteiger partial charge on any atom is -0.377 e. The molecule has 2 saturated heterocycles. The van der Waals surface area contributed by atoms with E-state index in [2.05, 4.69) is 4.90 Å². The summed E-state index contributed by atoms with van der Waals surface area (Å²) in [5, 5.41) is 0.737. The Morgan fingerprint density at radius 3 is 2.73 bits per heavy atom. The molecule has 0 saturated carbocycles. The molecule has 2 aliphatic heterocycles. The number of halogens is 1. The minimum atomic E-state index is -2.89. The Morgan fingerprint density at radius 2 is 2.09 bits per heavy atom. The Morgan fingerprint density at radius 1 is 1.27 bits per heavy atom. The van der Waals surface area contributed by atoms with Gasteiger partial charge in [-0.2, -0.15) is 0 Å². The van der Waals surface area contributed by atoms with Gasteiger partial charge in [0.25, 0.3) is 0 Å². The first kappa shape index (κ1) is 16.2. The maximum atomic E-state index is 11.8. The third kappa shape index (κ3) is 4.02. The summed E-state index contributed by atoms with van der Waals surface area (Å²) in [6.45, 7) is 2.28. The molecular weight excluding hydrogens is 322 g/mol. The zero-order valence-corrected chi connectivity index (χ0v) is 14.2. The Hall–Kier alpha value is -0.620. The lowest BCUT2D eigenvalue weighted by atomic mass is 10.1. The molecule has 0 spiro atoms. The molecule has 4 nitrogen and oxygen atoms in total. The van der Waals surface area contributed by atoms with E-state index in [0.717, 1.165) is 36.6 Å². The average Bonchev–Trinajstić information content (AvgIpc) is 3.10. The summed E-state index contributed by atoms with van der Waals surface area (Å²) >= 11 is 6.27. The molecule has 0 N–H and O–H groups in total. The second kappa shape index (κ2) is 6.87. The summed E-state index contributed by atoms with van der Waals surface area (Å²) in [6.07, 6.45) is 3.07. The van der Waals surface area contributed by atoms with Crippen LogP contribution in [0.2, 0.25) is 5.02 Å². The molecule has 2 aliphatic rings. The van der Waals surface area contributed by atoms with E-state index in [1.807, 2.05) is 24.3 Å². The van der Waals surface area contributed by atoms with Crippen LogP contribution in [-0.4, -0.2) is 50.1 Å². The normalized spacial score (nSPS) is 27.5. The smallest absolute Gasteiger partial charge is 0.151 e. The van der Waals surface area contributed by atoms with Crippen LogP contribution in [0.3, 0.4) is 0 Å². The van der Waals surface area contributed by atoms with Crippen molar-refractivity contribution in [3.05, 3.63) is 34.9 Å². The minimum absolute atomic E-state index is 0.0745. The summed E-state index contributed by atoms with van der Waals surface area (Å²) < 4.78 is 29.4. The molecule has 22 heavy (non-hydrogen) atoms. The fourth-order valence-electron chi connectivity index (χ4n) is 3.30. The van der Waals surface area contributed by atoms with Crippen LogP contribution in [-0.2, 0) is 21.1 Å². The molecule has 3 rings (SSSR count). The van der Waals surface area contributed by atoms with Crippen LogP contribution in [0.5, 0.6) is 0 Å². The van der Waals surface area contributed by atoms with Crippen molar-refractivity contribution in [2.24, 2.45) is 0 Å². The van der Waals surface area contributed by atoms with Crippen molar-refractivity contribution < 1.29 is 13.2 Å². The fraction of sp³-hybridized carbons (Fsp3) is 0.625. The lowest BCUT2D eigenvalue weighted by Crippen LogP contribution is -2.40. The monoisotopic (exact) mass is 343 g/mol. The van der Waals surface area contributed by atoms with Crippen molar-refractivity contribution in [2.45, 2.75) is 38.0 Å². The number of rotatable bonds is 5. The maximum Gasteiger partial charge on any atom is 0.151 e. The lowest BCUT2D eigenvalue weighted by molar-refractivity contribution is 0.0575. The van der Waals surface area contributed by atoms with Crippen molar-refractivity contribution in [2.75, 3.05) is 24.7 Å². The van der Waals surface area contributed by atoms with Gasteiger partial charge in [-0.05, 0) is 30.9 Å². The Kier molecular flexibility index (Phi) is 5.07. The number of hydrogen-bond donors (Lipinski definition) is 0. The van der Waals surface area contributed by atoms with Gasteiger partial charge in [0.2, 0.25) is 0 Å². The molecule has 6 heteroatoms. The summed E-state index contributed by atoms with van der Waals surface area (Å²) in [7, 11) is -2.89. The van der Waals surface area contributed by atoms with Gasteiger partial charge in [-0.25, -0.2) is 8.42 Å². The SMILES string of the molecule is O=S1(=O)CC[C@H](N(Cc2ccccc2Cl)C[C@H]2CCCO2)C1. The molecular formula is C16H22ClNO3S. The predicted octanol–water partition coefficient (Wildman–Crippen LogP) is 2.51. The number of ether oxygens (including phenoxy) is 1. The van der Waals surface area contributed by atoms with E-state index in [-0.39, 0.29) is 17.9 Å². The zero-order chi connectivity index (χ0) is 15.6. The molecule has 2 fully saturated rings. The van der Waals surface area contributed by atoms with Crippen molar-refractivity contribution in [1.29, 1.82) is 0 Å². The molecule has 0 unspecified atom stereocenters. The topological polar surface area (TPSA) is 46.6 Å². The van der Waals surface area contributed by atoms with E-state index < -0.39 is 9.84 Å². The van der Waals surface area contributed by atoms with Gasteiger partial charge in [0.15, 0.2) is 9.84 Å². The summed E-state index contributed by atoms with van der Waals surface area (Å²) in [5.41, 5.74) is 1.05. The number of hydrogen-bond acceptors (Lipinski definition) is 4. The van der Waals surface area contributed by atoms with Crippen LogP contribution < -0.4 is 0 Å². The quantitative estimate of drug-likeness (QED) is 0.824. The van der Waals surface area contributed by atoms with E-state index in [9.17, 15) is 8.42 Å². The van der Waals surface area contributed by atoms with Gasteiger partial charge in [0, 0.05) is 30.8 Å². The van der Waals surface area contributed by atoms with Crippen molar-refractivity contribution in [3.8, 4) is 0 Å². The summed E-state index contributed by atoms with van der Waals surface area (Å²) in [6, 6.07) is 7.85. The third-order valence-corrected chi connectivity index (χ3v) is 6.64. The van der Waals surface area contributed by atoms with Gasteiger partial charge in [-0.15, -0.1) is 0 Å². The average molecular weight is 344 g/mol. The highest BCUT2D eigenvalue weighted by molar-refractivity contribution is 7.91. The molecule has 2 heterocycles. The highest BCUT2D eigenvalue weighted by Crippen LogP contribution is 2.25. The van der Waals surface area contributed by atoms with E-state index in [0.29, 0.717) is 18.7 Å². The number of benzene rings is 1. The van der Waals surface area contributed by atoms with Crippen molar-refractivity contribution >= 4 is 21.4 Å². The van der Waals surface area contributed by atoms with Gasteiger partial charge < -0.3 is 4.74 Å². The fourth-order valence-corrected chi connectivity index (χ4v) is 5.26. The first-order valence-corrected chi connectivity index (χ1v) is 10.0. The third-order valence-electron chi connectivity index (χ3n) is 4.52. The molecule has 0 aromatic heterocycles. The van der Waals surface area contributed by atoms with Crippen LogP contribution in [0, 0.1) is 0 Å². The van der Waals surface area contributed by atoms with E-state index in [1.54, 1.807) is 0 Å². The molecule has 0 bridgehead atoms. The molecule has 1 aromatic carbocycles. The van der Waals surface area contributed by atoms with Crippen LogP contribution in [0.1, 0.15) is 24.8 Å². The zero-order valence-electron chi connectivity index (χ0n) is 12.6. The van der Waals surface area contributed by atoms with Crippen molar-refractivity contribution in [1.82, 2.24) is 4.90 Å². The summed E-state index contributed by atoms with van der Waals surface area (Å²) in [4.78, 5) is 2.25. The lowest BCUT2D eigenvalue weighted by Gasteiger charge is -2.30. The molecule has 0 amide bonds. The Balaban J connectivity index is 1.75. The van der Waals surface area contributed by atoms with Crippen LogP contribution in [0.25, 0.3) is 0 Å². The molecule has 0 radical (unpaired) electrons.